The SMILES string of the molecule is O=C1/C(=C\c2ccccc2)N=C(SCc2nc3cc(Cl)ccc3c(=O)[nH]2)N1c1ccc(F)cc1. The maximum atomic E-state index is 13.5. The van der Waals surface area contributed by atoms with Gasteiger partial charge in [-0.05, 0) is 54.1 Å². The van der Waals surface area contributed by atoms with Crippen LogP contribution in [0.1, 0.15) is 11.4 Å². The smallest absolute Gasteiger partial charge is 0.283 e. The average molecular weight is 491 g/mol. The number of benzene rings is 3. The number of thioether (sulfide) groups is 1. The van der Waals surface area contributed by atoms with Crippen LogP contribution in [0.25, 0.3) is 17.0 Å². The van der Waals surface area contributed by atoms with Crippen LogP contribution in [0.3, 0.4) is 0 Å². The van der Waals surface area contributed by atoms with E-state index in [4.69, 9.17) is 11.6 Å². The number of amidine groups is 1. The molecule has 0 unspecified atom stereocenters. The number of rotatable bonds is 4. The molecular weight excluding hydrogens is 475 g/mol. The van der Waals surface area contributed by atoms with Crippen molar-refractivity contribution in [1.29, 1.82) is 0 Å². The van der Waals surface area contributed by atoms with Gasteiger partial charge in [0.15, 0.2) is 5.17 Å². The van der Waals surface area contributed by atoms with E-state index in [1.165, 1.54) is 40.9 Å². The molecule has 9 heteroatoms. The van der Waals surface area contributed by atoms with Crippen molar-refractivity contribution in [2.24, 2.45) is 4.99 Å². The lowest BCUT2D eigenvalue weighted by molar-refractivity contribution is -0.113. The van der Waals surface area contributed by atoms with E-state index in [0.717, 1.165) is 5.56 Å². The van der Waals surface area contributed by atoms with Gasteiger partial charge in [-0.1, -0.05) is 53.7 Å². The molecule has 0 radical (unpaired) electrons. The van der Waals surface area contributed by atoms with Gasteiger partial charge in [-0.25, -0.2) is 14.4 Å². The van der Waals surface area contributed by atoms with E-state index in [0.29, 0.717) is 32.6 Å². The van der Waals surface area contributed by atoms with Crippen molar-refractivity contribution in [1.82, 2.24) is 9.97 Å². The fourth-order valence-electron chi connectivity index (χ4n) is 3.48. The molecule has 6 nitrogen and oxygen atoms in total. The molecule has 1 aromatic heterocycles. The number of nitrogens with zero attached hydrogens (tertiary/aromatic N) is 3. The van der Waals surface area contributed by atoms with Gasteiger partial charge in [0.1, 0.15) is 17.3 Å². The van der Waals surface area contributed by atoms with E-state index in [-0.39, 0.29) is 22.9 Å². The second-order valence-electron chi connectivity index (χ2n) is 7.41. The minimum Gasteiger partial charge on any atom is -0.309 e. The first-order valence-electron chi connectivity index (χ1n) is 10.2. The molecule has 0 saturated heterocycles. The van der Waals surface area contributed by atoms with Crippen LogP contribution in [0.15, 0.2) is 88.3 Å². The lowest BCUT2D eigenvalue weighted by Gasteiger charge is -2.17. The number of nitrogens with one attached hydrogen (secondary N) is 1. The molecule has 4 aromatic rings. The molecule has 0 spiro atoms. The lowest BCUT2D eigenvalue weighted by Crippen LogP contribution is -2.30. The Morgan fingerprint density at radius 3 is 2.56 bits per heavy atom. The summed E-state index contributed by atoms with van der Waals surface area (Å²) in [6, 6.07) is 19.9. The first-order chi connectivity index (χ1) is 16.5. The zero-order chi connectivity index (χ0) is 23.7. The van der Waals surface area contributed by atoms with Gasteiger partial charge < -0.3 is 4.98 Å². The Kier molecular flexibility index (Phi) is 6.00. The summed E-state index contributed by atoms with van der Waals surface area (Å²) in [4.78, 5) is 38.9. The fraction of sp³-hybridized carbons (Fsp3) is 0.0400. The molecule has 34 heavy (non-hydrogen) atoms. The summed E-state index contributed by atoms with van der Waals surface area (Å²) in [6.45, 7) is 0. The third kappa shape index (κ3) is 4.50. The number of fused-ring (bicyclic) bond motifs is 1. The van der Waals surface area contributed by atoms with Gasteiger partial charge in [-0.2, -0.15) is 0 Å². The Hall–Kier alpha value is -3.75. The summed E-state index contributed by atoms with van der Waals surface area (Å²) in [7, 11) is 0. The van der Waals surface area contributed by atoms with Crippen molar-refractivity contribution in [3.05, 3.63) is 111 Å². The Balaban J connectivity index is 1.49. The standard InChI is InChI=1S/C25H16ClFN4O2S/c26-16-6-11-19-20(13-16)28-22(30-23(19)32)14-34-25-29-21(12-15-4-2-1-3-5-15)24(33)31(25)18-9-7-17(27)8-10-18/h1-13H,14H2,(H,28,30,32)/b21-12+. The molecule has 0 bridgehead atoms. The summed E-state index contributed by atoms with van der Waals surface area (Å²) in [5.74, 6) is -0.0671. The minimum atomic E-state index is -0.404. The molecule has 1 aliphatic heterocycles. The Morgan fingerprint density at radius 1 is 1.03 bits per heavy atom. The van der Waals surface area contributed by atoms with Crippen molar-refractivity contribution in [2.75, 3.05) is 4.90 Å². The number of carbonyl (C=O) groups excluding carboxylic acids is 1. The van der Waals surface area contributed by atoms with Crippen LogP contribution < -0.4 is 10.5 Å². The van der Waals surface area contributed by atoms with E-state index in [1.54, 1.807) is 24.3 Å². The number of aromatic nitrogens is 2. The molecular formula is C25H16ClFN4O2S. The largest absolute Gasteiger partial charge is 0.309 e. The Bertz CT molecular complexity index is 1520. The molecule has 1 amide bonds. The minimum absolute atomic E-state index is 0.250. The molecule has 0 aliphatic carbocycles. The Labute approximate surface area is 202 Å². The predicted octanol–water partition coefficient (Wildman–Crippen LogP) is 5.39. The predicted molar refractivity (Wildman–Crippen MR) is 134 cm³/mol. The number of hydrogen-bond acceptors (Lipinski definition) is 5. The first kappa shape index (κ1) is 22.1. The summed E-state index contributed by atoms with van der Waals surface area (Å²) in [5, 5.41) is 1.31. The Morgan fingerprint density at radius 2 is 1.79 bits per heavy atom. The highest BCUT2D eigenvalue weighted by molar-refractivity contribution is 8.13. The second-order valence-corrected chi connectivity index (χ2v) is 8.79. The maximum absolute atomic E-state index is 13.5. The summed E-state index contributed by atoms with van der Waals surface area (Å²) >= 11 is 7.29. The first-order valence-corrected chi connectivity index (χ1v) is 11.6. The number of H-pyrrole nitrogens is 1. The third-order valence-electron chi connectivity index (χ3n) is 5.07. The number of carbonyl (C=O) groups is 1. The number of aliphatic imine (C=N–C) groups is 1. The van der Waals surface area contributed by atoms with Crippen LogP contribution >= 0.6 is 23.4 Å². The average Bonchev–Trinajstić information content (AvgIpc) is 3.13. The molecule has 2 heterocycles. The van der Waals surface area contributed by atoms with Crippen LogP contribution in [-0.2, 0) is 10.5 Å². The van der Waals surface area contributed by atoms with Gasteiger partial charge in [-0.3, -0.25) is 14.5 Å². The fourth-order valence-corrected chi connectivity index (χ4v) is 4.53. The van der Waals surface area contributed by atoms with E-state index < -0.39 is 5.82 Å². The second kappa shape index (κ2) is 9.24. The van der Waals surface area contributed by atoms with Gasteiger partial charge in [0.2, 0.25) is 0 Å². The van der Waals surface area contributed by atoms with E-state index in [9.17, 15) is 14.0 Å². The molecule has 168 valence electrons. The quantitative estimate of drug-likeness (QED) is 0.389. The van der Waals surface area contributed by atoms with Crippen LogP contribution in [0, 0.1) is 5.82 Å². The van der Waals surface area contributed by atoms with Crippen LogP contribution in [0.4, 0.5) is 10.1 Å². The van der Waals surface area contributed by atoms with Crippen molar-refractivity contribution in [3.63, 3.8) is 0 Å². The number of halogens is 2. The highest BCUT2D eigenvalue weighted by atomic mass is 35.5. The van der Waals surface area contributed by atoms with Crippen molar-refractivity contribution in [3.8, 4) is 0 Å². The number of anilines is 1. The van der Waals surface area contributed by atoms with Gasteiger partial charge in [0.25, 0.3) is 11.5 Å². The molecule has 0 saturated carbocycles. The molecule has 3 aromatic carbocycles. The van der Waals surface area contributed by atoms with E-state index >= 15 is 0 Å². The zero-order valence-corrected chi connectivity index (χ0v) is 19.1. The molecule has 1 N–H and O–H groups in total. The highest BCUT2D eigenvalue weighted by Crippen LogP contribution is 2.30. The van der Waals surface area contributed by atoms with Gasteiger partial charge in [-0.15, -0.1) is 0 Å². The number of hydrogen-bond donors (Lipinski definition) is 1. The number of amides is 1. The third-order valence-corrected chi connectivity index (χ3v) is 6.26. The number of aromatic amines is 1. The zero-order valence-electron chi connectivity index (χ0n) is 17.5. The van der Waals surface area contributed by atoms with Crippen molar-refractivity contribution in [2.45, 2.75) is 5.75 Å². The van der Waals surface area contributed by atoms with Crippen molar-refractivity contribution < 1.29 is 9.18 Å². The normalized spacial score (nSPS) is 14.8. The van der Waals surface area contributed by atoms with Crippen molar-refractivity contribution >= 4 is 57.1 Å². The monoisotopic (exact) mass is 490 g/mol. The molecule has 1 aliphatic rings. The van der Waals surface area contributed by atoms with E-state index in [1.807, 2.05) is 30.3 Å². The van der Waals surface area contributed by atoms with E-state index in [2.05, 4.69) is 15.0 Å². The van der Waals surface area contributed by atoms with Crippen LogP contribution in [0.2, 0.25) is 5.02 Å². The lowest BCUT2D eigenvalue weighted by atomic mass is 10.2. The van der Waals surface area contributed by atoms with Gasteiger partial charge in [0, 0.05) is 5.02 Å². The van der Waals surface area contributed by atoms with Crippen LogP contribution in [-0.4, -0.2) is 21.0 Å². The van der Waals surface area contributed by atoms with Gasteiger partial charge in [0.05, 0.1) is 22.3 Å². The summed E-state index contributed by atoms with van der Waals surface area (Å²) < 4.78 is 13.5. The molecule has 0 fully saturated rings. The molecule has 5 rings (SSSR count). The molecule has 0 atom stereocenters. The van der Waals surface area contributed by atoms with Gasteiger partial charge >= 0.3 is 0 Å². The maximum Gasteiger partial charge on any atom is 0.283 e. The van der Waals surface area contributed by atoms with Crippen LogP contribution in [0.5, 0.6) is 0 Å². The summed E-state index contributed by atoms with van der Waals surface area (Å²) in [5.41, 5.74) is 1.78. The highest BCUT2D eigenvalue weighted by Gasteiger charge is 2.32. The topological polar surface area (TPSA) is 78.4 Å². The summed E-state index contributed by atoms with van der Waals surface area (Å²) in [6.07, 6.45) is 1.70.